The van der Waals surface area contributed by atoms with Gasteiger partial charge in [0.1, 0.15) is 29.8 Å². The van der Waals surface area contributed by atoms with Gasteiger partial charge in [-0.1, -0.05) is 90.2 Å². The second kappa shape index (κ2) is 30.3. The summed E-state index contributed by atoms with van der Waals surface area (Å²) in [5.41, 5.74) is 11.4. The Balaban J connectivity index is 0.000000224. The fourth-order valence-electron chi connectivity index (χ4n) is 10.9. The number of ether oxygens (including phenoxy) is 3. The zero-order valence-electron chi connectivity index (χ0n) is 46.7. The lowest BCUT2D eigenvalue weighted by molar-refractivity contribution is -0.128. The summed E-state index contributed by atoms with van der Waals surface area (Å²) in [4.78, 5) is 31.5. The molecule has 0 radical (unpaired) electrons. The van der Waals surface area contributed by atoms with E-state index in [4.69, 9.17) is 65.7 Å². The molecule has 0 spiro atoms. The van der Waals surface area contributed by atoms with Gasteiger partial charge in [0, 0.05) is 69.0 Å². The predicted octanol–water partition coefficient (Wildman–Crippen LogP) is 12.9. The maximum atomic E-state index is 12.2. The standard InChI is InChI=1S/C36H44Cl2N2O7.C30H31Cl2NO3.CH4/c37-28-18-23(29(38)17-22(28)5-1-4-8-33(44)40-20-30(42)34(45)35(46)31(43)21-41)11-13-36(14-15-36)27-19-39-16-12-25(27)26-6-2-3-7-32(26)47-24-9-10-24;31-27-18-22(28(32)17-21(27)5-3-4-16-35-20-34)10-12-30(13-14-30)26-19-33-15-11-24(26)25-6-1-2-7-29(25)36-23-8-9-23;/h2-3,6-7,12,16-19,24,30-31,34-35,41-43,45-46H,1,4-5,8-11,13-15,20-21H2,(H,40,44);1-2,6-7,11,15,17-20,23H,3-5,8-10,12-14,16H2;1H4/t30-,31+,34+,35+;;/m0../s1. The minimum absolute atomic E-state index is 0. The van der Waals surface area contributed by atoms with Crippen molar-refractivity contribution in [2.45, 2.75) is 177 Å². The number of aromatic nitrogens is 2. The summed E-state index contributed by atoms with van der Waals surface area (Å²) < 4.78 is 17.3. The van der Waals surface area contributed by atoms with E-state index in [1.807, 2.05) is 61.2 Å². The Kier molecular flexibility index (Phi) is 23.4. The number of carbonyl (C=O) groups is 2. The van der Waals surface area contributed by atoms with Crippen LogP contribution in [0.4, 0.5) is 0 Å². The number of carbonyl (C=O) groups excluding carboxylic acids is 2. The number of aliphatic hydroxyl groups excluding tert-OH is 5. The molecule has 13 nitrogen and oxygen atoms in total. The molecular formula is C67H79Cl4N3O10. The maximum Gasteiger partial charge on any atom is 0.293 e. The van der Waals surface area contributed by atoms with Crippen molar-refractivity contribution in [2.24, 2.45) is 0 Å². The van der Waals surface area contributed by atoms with Crippen molar-refractivity contribution in [3.63, 3.8) is 0 Å². The van der Waals surface area contributed by atoms with Crippen LogP contribution in [0.3, 0.4) is 0 Å². The summed E-state index contributed by atoms with van der Waals surface area (Å²) in [6.07, 6.45) is 19.0. The number of amides is 1. The molecule has 4 fully saturated rings. The van der Waals surface area contributed by atoms with Gasteiger partial charge in [-0.25, -0.2) is 0 Å². The number of unbranched alkanes of at least 4 members (excludes halogenated alkanes) is 2. The Morgan fingerprint density at radius 3 is 1.45 bits per heavy atom. The highest BCUT2D eigenvalue weighted by atomic mass is 35.5. The van der Waals surface area contributed by atoms with Crippen LogP contribution in [-0.4, -0.2) is 104 Å². The van der Waals surface area contributed by atoms with E-state index in [9.17, 15) is 30.0 Å². The smallest absolute Gasteiger partial charge is 0.293 e. The SMILES string of the molecule is C.O=C(CCCCc1cc(Cl)c(CCC2(c3cnccc3-c3ccccc3OC3CC3)CC2)cc1Cl)NC[C@H](O)[C@@H](O)[C@H](O)[C@H](O)CO.O=COCCCCc1cc(Cl)c(CCC2(c3cnccc3-c3ccccc3OC3CC3)CC2)cc1Cl. The van der Waals surface area contributed by atoms with Gasteiger partial charge in [0.2, 0.25) is 5.91 Å². The van der Waals surface area contributed by atoms with Gasteiger partial charge >= 0.3 is 0 Å². The Morgan fingerprint density at radius 2 is 1.02 bits per heavy atom. The van der Waals surface area contributed by atoms with Crippen molar-refractivity contribution in [1.82, 2.24) is 15.3 Å². The largest absolute Gasteiger partial charge is 0.490 e. The highest BCUT2D eigenvalue weighted by Gasteiger charge is 2.47. The molecular weight excluding hydrogens is 1150 g/mol. The van der Waals surface area contributed by atoms with Gasteiger partial charge in [0.05, 0.1) is 31.5 Å². The third kappa shape index (κ3) is 17.2. The molecule has 4 aromatic carbocycles. The summed E-state index contributed by atoms with van der Waals surface area (Å²) in [6.45, 7) is -0.151. The van der Waals surface area contributed by atoms with Gasteiger partial charge in [-0.2, -0.15) is 0 Å². The number of rotatable bonds is 31. The number of para-hydroxylation sites is 2. The number of nitrogens with one attached hydrogen (secondary N) is 1. The molecule has 450 valence electrons. The highest BCUT2D eigenvalue weighted by molar-refractivity contribution is 6.34. The lowest BCUT2D eigenvalue weighted by Gasteiger charge is -2.25. The van der Waals surface area contributed by atoms with Crippen LogP contribution < -0.4 is 14.8 Å². The van der Waals surface area contributed by atoms with Crippen molar-refractivity contribution < 1.29 is 49.3 Å². The normalized spacial score (nSPS) is 16.8. The van der Waals surface area contributed by atoms with Crippen molar-refractivity contribution >= 4 is 58.8 Å². The fourth-order valence-corrected chi connectivity index (χ4v) is 12.1. The van der Waals surface area contributed by atoms with E-state index >= 15 is 0 Å². The quantitative estimate of drug-likeness (QED) is 0.0178. The Labute approximate surface area is 514 Å². The first-order chi connectivity index (χ1) is 40.2. The van der Waals surface area contributed by atoms with Gasteiger partial charge in [-0.15, -0.1) is 0 Å². The number of halogens is 4. The molecule has 0 saturated heterocycles. The summed E-state index contributed by atoms with van der Waals surface area (Å²) in [7, 11) is 0. The molecule has 17 heteroatoms. The van der Waals surface area contributed by atoms with Crippen molar-refractivity contribution in [3.05, 3.63) is 163 Å². The molecule has 1 amide bonds. The number of nitrogens with zero attached hydrogens (tertiary/aromatic N) is 2. The molecule has 0 aliphatic heterocycles. The maximum absolute atomic E-state index is 12.2. The molecule has 6 N–H and O–H groups in total. The number of aliphatic hydroxyl groups is 5. The first-order valence-corrected chi connectivity index (χ1v) is 30.7. The number of aryl methyl sites for hydroxylation is 4. The molecule has 0 unspecified atom stereocenters. The number of hydrogen-bond acceptors (Lipinski definition) is 12. The van der Waals surface area contributed by atoms with Gasteiger partial charge in [-0.3, -0.25) is 19.6 Å². The predicted molar refractivity (Wildman–Crippen MR) is 331 cm³/mol. The summed E-state index contributed by atoms with van der Waals surface area (Å²) in [5, 5.41) is 53.2. The molecule has 4 aliphatic carbocycles. The number of hydrogen-bond donors (Lipinski definition) is 6. The molecule has 6 aromatic rings. The first-order valence-electron chi connectivity index (χ1n) is 29.2. The molecule has 2 aromatic heterocycles. The summed E-state index contributed by atoms with van der Waals surface area (Å²) >= 11 is 26.8. The number of pyridine rings is 2. The minimum atomic E-state index is -1.74. The molecule has 4 saturated carbocycles. The Hall–Kier alpha value is -5.32. The van der Waals surface area contributed by atoms with Crippen LogP contribution in [-0.2, 0) is 50.8 Å². The zero-order chi connectivity index (χ0) is 58.5. The van der Waals surface area contributed by atoms with E-state index < -0.39 is 31.0 Å². The summed E-state index contributed by atoms with van der Waals surface area (Å²) in [6, 6.07) is 28.8. The third-order valence-electron chi connectivity index (χ3n) is 16.6. The lowest BCUT2D eigenvalue weighted by Crippen LogP contribution is -2.49. The minimum Gasteiger partial charge on any atom is -0.490 e. The fraction of sp³-hybridized carbons (Fsp3) is 0.463. The second-order valence-corrected chi connectivity index (χ2v) is 24.5. The monoisotopic (exact) mass is 1230 g/mol. The Morgan fingerprint density at radius 1 is 0.595 bits per heavy atom. The molecule has 4 atom stereocenters. The Bertz CT molecular complexity index is 3150. The van der Waals surface area contributed by atoms with Crippen LogP contribution >= 0.6 is 46.4 Å². The van der Waals surface area contributed by atoms with E-state index in [-0.39, 0.29) is 37.1 Å². The average Bonchev–Trinajstić information content (AvgIpc) is 2.87. The van der Waals surface area contributed by atoms with E-state index in [0.29, 0.717) is 54.6 Å². The topological polar surface area (TPSA) is 201 Å². The van der Waals surface area contributed by atoms with Crippen molar-refractivity contribution in [2.75, 3.05) is 19.8 Å². The van der Waals surface area contributed by atoms with E-state index in [0.717, 1.165) is 151 Å². The summed E-state index contributed by atoms with van der Waals surface area (Å²) in [5.74, 6) is 1.57. The van der Waals surface area contributed by atoms with Gasteiger partial charge in [0.15, 0.2) is 0 Å². The molecule has 10 rings (SSSR count). The van der Waals surface area contributed by atoms with Crippen molar-refractivity contribution in [1.29, 1.82) is 0 Å². The van der Waals surface area contributed by atoms with Crippen LogP contribution in [0.5, 0.6) is 11.5 Å². The van der Waals surface area contributed by atoms with Crippen LogP contribution in [0.1, 0.15) is 137 Å². The van der Waals surface area contributed by atoms with Crippen LogP contribution in [0, 0.1) is 0 Å². The zero-order valence-corrected chi connectivity index (χ0v) is 49.7. The molecule has 2 heterocycles. The van der Waals surface area contributed by atoms with Crippen LogP contribution in [0.2, 0.25) is 20.1 Å². The van der Waals surface area contributed by atoms with Gasteiger partial charge in [0.25, 0.3) is 6.47 Å². The van der Waals surface area contributed by atoms with Crippen LogP contribution in [0.15, 0.2) is 110 Å². The lowest BCUT2D eigenvalue weighted by atomic mass is 9.85. The average molecular weight is 1230 g/mol. The molecule has 4 aliphatic rings. The number of benzene rings is 4. The van der Waals surface area contributed by atoms with E-state index in [1.165, 1.54) is 22.3 Å². The van der Waals surface area contributed by atoms with E-state index in [1.54, 1.807) is 0 Å². The highest BCUT2D eigenvalue weighted by Crippen LogP contribution is 2.56. The van der Waals surface area contributed by atoms with E-state index in [2.05, 4.69) is 63.8 Å². The third-order valence-corrected chi connectivity index (χ3v) is 18.0. The van der Waals surface area contributed by atoms with Crippen LogP contribution in [0.25, 0.3) is 22.3 Å². The van der Waals surface area contributed by atoms with Gasteiger partial charge < -0.3 is 45.1 Å². The van der Waals surface area contributed by atoms with Gasteiger partial charge in [-0.05, 0) is 219 Å². The first kappa shape index (κ1) is 64.7. The molecule has 84 heavy (non-hydrogen) atoms. The van der Waals surface area contributed by atoms with Crippen molar-refractivity contribution in [3.8, 4) is 33.8 Å². The molecule has 0 bridgehead atoms. The second-order valence-electron chi connectivity index (χ2n) is 22.8.